The Bertz CT molecular complexity index is 562. The highest BCUT2D eigenvalue weighted by molar-refractivity contribution is 5.13. The van der Waals surface area contributed by atoms with Gasteiger partial charge in [-0.2, -0.15) is 0 Å². The lowest BCUT2D eigenvalue weighted by molar-refractivity contribution is -0.0789. The molecular formula is C14H19N5O3. The molecule has 1 aliphatic carbocycles. The number of hydrogen-bond donors (Lipinski definition) is 5. The minimum atomic E-state index is -1.21. The van der Waals surface area contributed by atoms with Crippen LogP contribution >= 0.6 is 0 Å². The van der Waals surface area contributed by atoms with E-state index in [9.17, 15) is 15.3 Å². The van der Waals surface area contributed by atoms with Crippen LogP contribution in [0.15, 0.2) is 37.2 Å². The zero-order valence-corrected chi connectivity index (χ0v) is 11.9. The van der Waals surface area contributed by atoms with Crippen molar-refractivity contribution in [2.75, 3.05) is 0 Å². The molecule has 2 aromatic rings. The van der Waals surface area contributed by atoms with Crippen molar-refractivity contribution < 1.29 is 15.3 Å². The number of hydrogen-bond acceptors (Lipinski definition) is 6. The third-order valence-electron chi connectivity index (χ3n) is 3.83. The van der Waals surface area contributed by atoms with E-state index in [1.165, 1.54) is 6.08 Å². The van der Waals surface area contributed by atoms with Gasteiger partial charge < -0.3 is 25.3 Å². The van der Waals surface area contributed by atoms with Gasteiger partial charge in [-0.1, -0.05) is 12.2 Å². The van der Waals surface area contributed by atoms with E-state index in [0.717, 1.165) is 11.4 Å². The Labute approximate surface area is 127 Å². The molecule has 118 valence electrons. The van der Waals surface area contributed by atoms with Crippen molar-refractivity contribution in [1.82, 2.24) is 24.8 Å². The number of H-pyrrole nitrogens is 2. The Kier molecular flexibility index (Phi) is 4.34. The molecule has 0 aromatic carbocycles. The second kappa shape index (κ2) is 6.41. The Morgan fingerprint density at radius 1 is 0.909 bits per heavy atom. The van der Waals surface area contributed by atoms with E-state index in [4.69, 9.17) is 0 Å². The van der Waals surface area contributed by atoms with Crippen LogP contribution in [-0.4, -0.2) is 64.5 Å². The van der Waals surface area contributed by atoms with Crippen molar-refractivity contribution in [3.05, 3.63) is 48.6 Å². The first-order valence-corrected chi connectivity index (χ1v) is 7.06. The van der Waals surface area contributed by atoms with Gasteiger partial charge in [-0.15, -0.1) is 0 Å². The van der Waals surface area contributed by atoms with E-state index in [2.05, 4.69) is 19.9 Å². The summed E-state index contributed by atoms with van der Waals surface area (Å²) in [6, 6.07) is -0.426. The number of nitrogens with zero attached hydrogens (tertiary/aromatic N) is 3. The van der Waals surface area contributed by atoms with Crippen molar-refractivity contribution >= 4 is 0 Å². The average Bonchev–Trinajstić information content (AvgIpc) is 3.18. The van der Waals surface area contributed by atoms with Gasteiger partial charge >= 0.3 is 0 Å². The number of aliphatic hydroxyl groups is 3. The van der Waals surface area contributed by atoms with Crippen LogP contribution in [-0.2, 0) is 13.1 Å². The Balaban J connectivity index is 1.82. The monoisotopic (exact) mass is 305 g/mol. The SMILES string of the molecule is O[C@@H]1[C@@H](O)[C@H](N(Cc2cnc[nH]2)Cc2cnc[nH]2)C=C[C@H]1O. The van der Waals surface area contributed by atoms with Crippen LogP contribution in [0.3, 0.4) is 0 Å². The molecule has 4 atom stereocenters. The van der Waals surface area contributed by atoms with Crippen LogP contribution in [0.2, 0.25) is 0 Å². The standard InChI is InChI=1S/C14H19N5O3/c20-12-2-1-11(13(21)14(12)22)19(5-9-3-15-7-17-9)6-10-4-16-8-18-10/h1-4,7-8,11-14,20-22H,5-6H2,(H,15,17)(H,16,18)/t11-,12-,13+,14+/m1/s1. The van der Waals surface area contributed by atoms with Gasteiger partial charge in [-0.3, -0.25) is 4.90 Å². The summed E-state index contributed by atoms with van der Waals surface area (Å²) in [7, 11) is 0. The molecule has 0 saturated carbocycles. The van der Waals surface area contributed by atoms with E-state index in [1.54, 1.807) is 31.1 Å². The number of nitrogens with one attached hydrogen (secondary N) is 2. The highest BCUT2D eigenvalue weighted by atomic mass is 16.4. The van der Waals surface area contributed by atoms with Gasteiger partial charge in [0.1, 0.15) is 18.3 Å². The second-order valence-electron chi connectivity index (χ2n) is 5.41. The van der Waals surface area contributed by atoms with Crippen LogP contribution in [0.4, 0.5) is 0 Å². The summed E-state index contributed by atoms with van der Waals surface area (Å²) in [5, 5.41) is 29.8. The quantitative estimate of drug-likeness (QED) is 0.459. The van der Waals surface area contributed by atoms with Crippen molar-refractivity contribution in [3.63, 3.8) is 0 Å². The highest BCUT2D eigenvalue weighted by Gasteiger charge is 2.36. The molecule has 8 heteroatoms. The zero-order chi connectivity index (χ0) is 15.5. The maximum absolute atomic E-state index is 10.3. The van der Waals surface area contributed by atoms with Crippen LogP contribution < -0.4 is 0 Å². The molecule has 0 amide bonds. The van der Waals surface area contributed by atoms with E-state index in [-0.39, 0.29) is 0 Å². The van der Waals surface area contributed by atoms with Crippen LogP contribution in [0.25, 0.3) is 0 Å². The van der Waals surface area contributed by atoms with Gasteiger partial charge in [0, 0.05) is 36.9 Å². The summed E-state index contributed by atoms with van der Waals surface area (Å²) in [5.41, 5.74) is 1.78. The molecule has 0 saturated heterocycles. The van der Waals surface area contributed by atoms with Crippen molar-refractivity contribution in [2.24, 2.45) is 0 Å². The third kappa shape index (κ3) is 3.09. The van der Waals surface area contributed by atoms with Crippen molar-refractivity contribution in [3.8, 4) is 0 Å². The first kappa shape index (κ1) is 14.9. The zero-order valence-electron chi connectivity index (χ0n) is 11.9. The number of aromatic nitrogens is 4. The maximum atomic E-state index is 10.3. The Morgan fingerprint density at radius 3 is 2.00 bits per heavy atom. The van der Waals surface area contributed by atoms with Crippen LogP contribution in [0.1, 0.15) is 11.4 Å². The highest BCUT2D eigenvalue weighted by Crippen LogP contribution is 2.21. The number of aliphatic hydroxyl groups excluding tert-OH is 3. The van der Waals surface area contributed by atoms with Gasteiger partial charge in [-0.25, -0.2) is 9.97 Å². The summed E-state index contributed by atoms with van der Waals surface area (Å²) in [4.78, 5) is 16.0. The summed E-state index contributed by atoms with van der Waals surface area (Å²) < 4.78 is 0. The largest absolute Gasteiger partial charge is 0.388 e. The fourth-order valence-electron chi connectivity index (χ4n) is 2.64. The fourth-order valence-corrected chi connectivity index (χ4v) is 2.64. The summed E-state index contributed by atoms with van der Waals surface area (Å²) in [6.07, 6.45) is 6.50. The normalized spacial score (nSPS) is 28.4. The number of aromatic amines is 2. The van der Waals surface area contributed by atoms with Gasteiger partial charge in [0.05, 0.1) is 18.7 Å². The first-order chi connectivity index (χ1) is 10.6. The smallest absolute Gasteiger partial charge is 0.111 e. The molecule has 0 aliphatic heterocycles. The third-order valence-corrected chi connectivity index (χ3v) is 3.83. The summed E-state index contributed by atoms with van der Waals surface area (Å²) in [5.74, 6) is 0. The first-order valence-electron chi connectivity index (χ1n) is 7.06. The lowest BCUT2D eigenvalue weighted by Crippen LogP contribution is -2.53. The molecule has 1 aliphatic rings. The van der Waals surface area contributed by atoms with Gasteiger partial charge in [0.15, 0.2) is 0 Å². The van der Waals surface area contributed by atoms with Crippen LogP contribution in [0, 0.1) is 0 Å². The predicted molar refractivity (Wildman–Crippen MR) is 77.4 cm³/mol. The van der Waals surface area contributed by atoms with Crippen molar-refractivity contribution in [1.29, 1.82) is 0 Å². The topological polar surface area (TPSA) is 121 Å². The lowest BCUT2D eigenvalue weighted by Gasteiger charge is -2.38. The van der Waals surface area contributed by atoms with Gasteiger partial charge in [0.25, 0.3) is 0 Å². The molecule has 0 bridgehead atoms. The maximum Gasteiger partial charge on any atom is 0.111 e. The molecule has 0 unspecified atom stereocenters. The molecule has 8 nitrogen and oxygen atoms in total. The van der Waals surface area contributed by atoms with E-state index < -0.39 is 24.4 Å². The Hall–Kier alpha value is -2.00. The molecule has 2 aromatic heterocycles. The van der Waals surface area contributed by atoms with E-state index in [0.29, 0.717) is 13.1 Å². The molecule has 3 rings (SSSR count). The molecule has 5 N–H and O–H groups in total. The molecule has 0 radical (unpaired) electrons. The molecular weight excluding hydrogens is 286 g/mol. The second-order valence-corrected chi connectivity index (χ2v) is 5.41. The molecule has 22 heavy (non-hydrogen) atoms. The van der Waals surface area contributed by atoms with Crippen LogP contribution in [0.5, 0.6) is 0 Å². The molecule has 0 spiro atoms. The minimum Gasteiger partial charge on any atom is -0.388 e. The van der Waals surface area contributed by atoms with E-state index >= 15 is 0 Å². The van der Waals surface area contributed by atoms with Gasteiger partial charge in [-0.05, 0) is 0 Å². The molecule has 0 fully saturated rings. The molecule has 2 heterocycles. The number of rotatable bonds is 5. The predicted octanol–water partition coefficient (Wildman–Crippen LogP) is -0.844. The number of imidazole rings is 2. The van der Waals surface area contributed by atoms with Crippen molar-refractivity contribution in [2.45, 2.75) is 37.4 Å². The minimum absolute atomic E-state index is 0.426. The average molecular weight is 305 g/mol. The lowest BCUT2D eigenvalue weighted by atomic mass is 9.93. The van der Waals surface area contributed by atoms with Gasteiger partial charge in [0.2, 0.25) is 0 Å². The Morgan fingerprint density at radius 2 is 1.50 bits per heavy atom. The van der Waals surface area contributed by atoms with E-state index in [1.807, 2.05) is 4.90 Å². The summed E-state index contributed by atoms with van der Waals surface area (Å²) >= 11 is 0. The fraction of sp³-hybridized carbons (Fsp3) is 0.429. The summed E-state index contributed by atoms with van der Waals surface area (Å²) in [6.45, 7) is 1.02.